The van der Waals surface area contributed by atoms with E-state index in [0.29, 0.717) is 11.4 Å². The van der Waals surface area contributed by atoms with E-state index in [1.165, 1.54) is 12.5 Å². The first-order chi connectivity index (χ1) is 10.8. The summed E-state index contributed by atoms with van der Waals surface area (Å²) < 4.78 is 32.1. The van der Waals surface area contributed by atoms with Gasteiger partial charge in [0.2, 0.25) is 0 Å². The number of aryl methyl sites for hydroxylation is 3. The zero-order valence-corrected chi connectivity index (χ0v) is 14.6. The molecule has 4 nitrogen and oxygen atoms in total. The molecule has 0 fully saturated rings. The molecule has 2 rings (SSSR count). The van der Waals surface area contributed by atoms with Crippen LogP contribution in [0.1, 0.15) is 22.3 Å². The van der Waals surface area contributed by atoms with Gasteiger partial charge in [-0.15, -0.1) is 0 Å². The molecular weight excluding hydrogens is 310 g/mol. The normalized spacial score (nSPS) is 11.7. The van der Waals surface area contributed by atoms with E-state index in [-0.39, 0.29) is 0 Å². The largest absolute Gasteiger partial charge is 0.497 e. The molecule has 1 N–H and O–H groups in total. The van der Waals surface area contributed by atoms with Crippen molar-refractivity contribution in [2.75, 3.05) is 11.8 Å². The van der Waals surface area contributed by atoms with Gasteiger partial charge < -0.3 is 4.74 Å². The van der Waals surface area contributed by atoms with Gasteiger partial charge in [-0.25, -0.2) is 8.42 Å². The molecule has 0 aliphatic carbocycles. The zero-order chi connectivity index (χ0) is 17.0. The van der Waals surface area contributed by atoms with Crippen molar-refractivity contribution >= 4 is 21.8 Å². The first kappa shape index (κ1) is 17.1. The summed E-state index contributed by atoms with van der Waals surface area (Å²) in [7, 11) is -2.05. The third kappa shape index (κ3) is 4.60. The summed E-state index contributed by atoms with van der Waals surface area (Å²) in [5, 5.41) is 1.19. The number of anilines is 1. The van der Waals surface area contributed by atoms with Crippen LogP contribution < -0.4 is 9.46 Å². The van der Waals surface area contributed by atoms with Gasteiger partial charge in [0.05, 0.1) is 18.2 Å². The predicted molar refractivity (Wildman–Crippen MR) is 95.2 cm³/mol. The number of nitrogens with one attached hydrogen (secondary N) is 1. The van der Waals surface area contributed by atoms with E-state index < -0.39 is 10.0 Å². The van der Waals surface area contributed by atoms with E-state index in [4.69, 9.17) is 4.74 Å². The number of rotatable bonds is 5. The Hall–Kier alpha value is -2.27. The Morgan fingerprint density at radius 1 is 1.04 bits per heavy atom. The Balaban J connectivity index is 2.24. The van der Waals surface area contributed by atoms with Crippen LogP contribution in [0, 0.1) is 20.8 Å². The Morgan fingerprint density at radius 3 is 2.30 bits per heavy atom. The lowest BCUT2D eigenvalue weighted by Gasteiger charge is -2.08. The third-order valence-electron chi connectivity index (χ3n) is 3.48. The fourth-order valence-electron chi connectivity index (χ4n) is 2.50. The molecule has 2 aromatic carbocycles. The summed E-state index contributed by atoms with van der Waals surface area (Å²) >= 11 is 0. The highest BCUT2D eigenvalue weighted by atomic mass is 32.2. The van der Waals surface area contributed by atoms with Crippen LogP contribution in [-0.4, -0.2) is 15.5 Å². The van der Waals surface area contributed by atoms with Crippen LogP contribution >= 0.6 is 0 Å². The van der Waals surface area contributed by atoms with Crippen molar-refractivity contribution in [1.29, 1.82) is 0 Å². The monoisotopic (exact) mass is 331 g/mol. The van der Waals surface area contributed by atoms with E-state index in [2.05, 4.69) is 4.72 Å². The number of hydrogen-bond donors (Lipinski definition) is 1. The lowest BCUT2D eigenvalue weighted by atomic mass is 10.0. The van der Waals surface area contributed by atoms with Crippen molar-refractivity contribution in [3.05, 3.63) is 64.1 Å². The second-order valence-electron chi connectivity index (χ2n) is 5.49. The Kier molecular flexibility index (Phi) is 5.11. The molecule has 0 bridgehead atoms. The Bertz CT molecular complexity index is 816. The minimum atomic E-state index is -3.59. The second kappa shape index (κ2) is 6.87. The fourth-order valence-corrected chi connectivity index (χ4v) is 3.34. The van der Waals surface area contributed by atoms with Crippen molar-refractivity contribution in [2.24, 2.45) is 0 Å². The molecule has 0 aliphatic heterocycles. The van der Waals surface area contributed by atoms with Crippen LogP contribution in [0.2, 0.25) is 0 Å². The molecule has 0 unspecified atom stereocenters. The quantitative estimate of drug-likeness (QED) is 0.900. The maximum atomic E-state index is 12.2. The van der Waals surface area contributed by atoms with Gasteiger partial charge in [0.25, 0.3) is 10.0 Å². The maximum Gasteiger partial charge on any atom is 0.255 e. The summed E-state index contributed by atoms with van der Waals surface area (Å²) in [5.41, 5.74) is 4.65. The van der Waals surface area contributed by atoms with Gasteiger partial charge in [0.15, 0.2) is 0 Å². The van der Waals surface area contributed by atoms with Crippen LogP contribution in [0.5, 0.6) is 5.75 Å². The summed E-state index contributed by atoms with van der Waals surface area (Å²) in [6, 6.07) is 10.9. The highest BCUT2D eigenvalue weighted by Crippen LogP contribution is 2.20. The molecule has 0 saturated heterocycles. The fraction of sp³-hybridized carbons (Fsp3) is 0.222. The molecule has 0 atom stereocenters. The average Bonchev–Trinajstić information content (AvgIpc) is 2.45. The van der Waals surface area contributed by atoms with Crippen molar-refractivity contribution in [3.8, 4) is 5.75 Å². The summed E-state index contributed by atoms with van der Waals surface area (Å²) in [6.07, 6.45) is 1.63. The molecule has 23 heavy (non-hydrogen) atoms. The number of ether oxygens (including phenoxy) is 1. The topological polar surface area (TPSA) is 55.4 Å². The molecule has 2 aromatic rings. The second-order valence-corrected chi connectivity index (χ2v) is 7.06. The summed E-state index contributed by atoms with van der Waals surface area (Å²) in [5.74, 6) is 0.597. The van der Waals surface area contributed by atoms with Crippen LogP contribution in [0.25, 0.3) is 6.08 Å². The molecule has 0 heterocycles. The van der Waals surface area contributed by atoms with Gasteiger partial charge in [-0.1, -0.05) is 23.8 Å². The molecular formula is C18H21NO3S. The van der Waals surface area contributed by atoms with Crippen molar-refractivity contribution in [2.45, 2.75) is 20.8 Å². The molecule has 122 valence electrons. The zero-order valence-electron chi connectivity index (χ0n) is 13.8. The summed E-state index contributed by atoms with van der Waals surface area (Å²) in [6.45, 7) is 5.97. The van der Waals surface area contributed by atoms with Gasteiger partial charge in [0.1, 0.15) is 5.75 Å². The molecule has 0 radical (unpaired) electrons. The van der Waals surface area contributed by atoms with Gasteiger partial charge in [-0.05, 0) is 55.7 Å². The van der Waals surface area contributed by atoms with Crippen LogP contribution in [-0.2, 0) is 10.0 Å². The maximum absolute atomic E-state index is 12.2. The minimum absolute atomic E-state index is 0.464. The van der Waals surface area contributed by atoms with Crippen molar-refractivity contribution in [3.63, 3.8) is 0 Å². The van der Waals surface area contributed by atoms with Crippen LogP contribution in [0.3, 0.4) is 0 Å². The highest BCUT2D eigenvalue weighted by Gasteiger charge is 2.08. The predicted octanol–water partition coefficient (Wildman–Crippen LogP) is 4.03. The lowest BCUT2D eigenvalue weighted by Crippen LogP contribution is -2.09. The van der Waals surface area contributed by atoms with Crippen molar-refractivity contribution < 1.29 is 13.2 Å². The smallest absolute Gasteiger partial charge is 0.255 e. The SMILES string of the molecule is COc1cccc(NS(=O)(=O)C=Cc2c(C)cc(C)cc2C)c1. The molecule has 0 aliphatic rings. The average molecular weight is 331 g/mol. The molecule has 0 amide bonds. The van der Waals surface area contributed by atoms with Gasteiger partial charge in [0, 0.05) is 6.07 Å². The third-order valence-corrected chi connectivity index (χ3v) is 4.50. The van der Waals surface area contributed by atoms with E-state index in [1.54, 1.807) is 30.3 Å². The number of benzene rings is 2. The number of sulfonamides is 1. The lowest BCUT2D eigenvalue weighted by molar-refractivity contribution is 0.415. The molecule has 0 aromatic heterocycles. The Labute approximate surface area is 137 Å². The first-order valence-electron chi connectivity index (χ1n) is 7.23. The van der Waals surface area contributed by atoms with E-state index in [9.17, 15) is 8.42 Å². The molecule has 0 spiro atoms. The van der Waals surface area contributed by atoms with Gasteiger partial charge >= 0.3 is 0 Å². The van der Waals surface area contributed by atoms with E-state index in [0.717, 1.165) is 22.3 Å². The minimum Gasteiger partial charge on any atom is -0.497 e. The van der Waals surface area contributed by atoms with Crippen LogP contribution in [0.4, 0.5) is 5.69 Å². The number of methoxy groups -OCH3 is 1. The highest BCUT2D eigenvalue weighted by molar-refractivity contribution is 7.95. The molecule has 0 saturated carbocycles. The first-order valence-corrected chi connectivity index (χ1v) is 8.78. The van der Waals surface area contributed by atoms with E-state index in [1.807, 2.05) is 32.9 Å². The van der Waals surface area contributed by atoms with Crippen molar-refractivity contribution in [1.82, 2.24) is 0 Å². The molecule has 5 heteroatoms. The summed E-state index contributed by atoms with van der Waals surface area (Å²) in [4.78, 5) is 0. The van der Waals surface area contributed by atoms with Gasteiger partial charge in [-0.3, -0.25) is 4.72 Å². The van der Waals surface area contributed by atoms with Gasteiger partial charge in [-0.2, -0.15) is 0 Å². The Morgan fingerprint density at radius 2 is 1.70 bits per heavy atom. The standard InChI is InChI=1S/C18H21NO3S/c1-13-10-14(2)18(15(3)11-13)8-9-23(20,21)19-16-6-5-7-17(12-16)22-4/h5-12,19H,1-4H3. The van der Waals surface area contributed by atoms with Crippen LogP contribution in [0.15, 0.2) is 41.8 Å². The van der Waals surface area contributed by atoms with E-state index >= 15 is 0 Å². The number of hydrogen-bond acceptors (Lipinski definition) is 3.